The number of nitrogens with zero attached hydrogens (tertiary/aromatic N) is 3. The van der Waals surface area contributed by atoms with Gasteiger partial charge in [-0.25, -0.2) is 23.1 Å². The summed E-state index contributed by atoms with van der Waals surface area (Å²) in [6.45, 7) is 0. The molecule has 23 heavy (non-hydrogen) atoms. The average molecular weight is 333 g/mol. The molecule has 0 radical (unpaired) electrons. The van der Waals surface area contributed by atoms with Gasteiger partial charge < -0.3 is 9.55 Å². The van der Waals surface area contributed by atoms with E-state index in [-0.39, 0.29) is 6.04 Å². The summed E-state index contributed by atoms with van der Waals surface area (Å²) in [7, 11) is -3.13. The number of rotatable bonds is 3. The lowest BCUT2D eigenvalue weighted by Crippen LogP contribution is -2.37. The molecular formula is C15H19N5O2S. The van der Waals surface area contributed by atoms with Crippen molar-refractivity contribution in [3.05, 3.63) is 24.8 Å². The Labute approximate surface area is 134 Å². The summed E-state index contributed by atoms with van der Waals surface area (Å²) in [5.74, 6) is 0. The number of fused-ring (bicyclic) bond motifs is 3. The molecule has 1 saturated carbocycles. The third-order valence-corrected chi connectivity index (χ3v) is 5.35. The van der Waals surface area contributed by atoms with Crippen molar-refractivity contribution in [3.63, 3.8) is 0 Å². The van der Waals surface area contributed by atoms with Crippen LogP contribution in [-0.2, 0) is 10.0 Å². The highest BCUT2D eigenvalue weighted by molar-refractivity contribution is 7.88. The lowest BCUT2D eigenvalue weighted by atomic mass is 9.91. The molecule has 8 heteroatoms. The number of aromatic amines is 1. The van der Waals surface area contributed by atoms with Gasteiger partial charge in [-0.05, 0) is 31.7 Å². The van der Waals surface area contributed by atoms with Crippen LogP contribution in [0.4, 0.5) is 0 Å². The third-order valence-electron chi connectivity index (χ3n) is 4.59. The van der Waals surface area contributed by atoms with Gasteiger partial charge in [-0.1, -0.05) is 0 Å². The second-order valence-electron chi connectivity index (χ2n) is 6.28. The molecule has 1 aliphatic carbocycles. The molecule has 1 aliphatic rings. The molecule has 122 valence electrons. The van der Waals surface area contributed by atoms with E-state index in [9.17, 15) is 8.42 Å². The first-order valence-corrected chi connectivity index (χ1v) is 9.66. The zero-order valence-electron chi connectivity index (χ0n) is 12.9. The van der Waals surface area contributed by atoms with Crippen molar-refractivity contribution in [1.82, 2.24) is 24.2 Å². The van der Waals surface area contributed by atoms with Crippen LogP contribution in [0.2, 0.25) is 0 Å². The second kappa shape index (κ2) is 5.31. The summed E-state index contributed by atoms with van der Waals surface area (Å²) in [5, 5.41) is 1.08. The van der Waals surface area contributed by atoms with Gasteiger partial charge in [-0.15, -0.1) is 0 Å². The van der Waals surface area contributed by atoms with E-state index in [4.69, 9.17) is 0 Å². The molecule has 7 nitrogen and oxygen atoms in total. The quantitative estimate of drug-likeness (QED) is 0.766. The first kappa shape index (κ1) is 14.6. The standard InChI is InChI=1S/C15H19N5O2S/c1-23(21,22)19-10-2-4-11(5-3-10)20-9-18-13-8-17-15-12(14(13)20)6-7-16-15/h6-11,19H,2-5H2,1H3,(H,16,17). The SMILES string of the molecule is CS(=O)(=O)NC1CCC(n2cnc3cnc4[nH]ccc4c32)CC1. The normalized spacial score (nSPS) is 22.8. The molecule has 0 aromatic carbocycles. The Balaban J connectivity index is 1.62. The van der Waals surface area contributed by atoms with Crippen LogP contribution in [0.5, 0.6) is 0 Å². The van der Waals surface area contributed by atoms with Crippen molar-refractivity contribution in [2.24, 2.45) is 0 Å². The van der Waals surface area contributed by atoms with E-state index in [0.717, 1.165) is 47.8 Å². The van der Waals surface area contributed by atoms with Crippen molar-refractivity contribution < 1.29 is 8.42 Å². The van der Waals surface area contributed by atoms with Crippen LogP contribution < -0.4 is 4.72 Å². The maximum atomic E-state index is 11.4. The Hall–Kier alpha value is -1.93. The van der Waals surface area contributed by atoms with E-state index >= 15 is 0 Å². The number of sulfonamides is 1. The minimum atomic E-state index is -3.13. The van der Waals surface area contributed by atoms with Gasteiger partial charge in [0.15, 0.2) is 0 Å². The molecule has 4 rings (SSSR count). The minimum absolute atomic E-state index is 0.0463. The highest BCUT2D eigenvalue weighted by Crippen LogP contribution is 2.33. The largest absolute Gasteiger partial charge is 0.346 e. The highest BCUT2D eigenvalue weighted by Gasteiger charge is 2.25. The molecule has 0 unspecified atom stereocenters. The smallest absolute Gasteiger partial charge is 0.208 e. The van der Waals surface area contributed by atoms with Gasteiger partial charge >= 0.3 is 0 Å². The second-order valence-corrected chi connectivity index (χ2v) is 8.06. The number of nitrogens with one attached hydrogen (secondary N) is 2. The highest BCUT2D eigenvalue weighted by atomic mass is 32.2. The van der Waals surface area contributed by atoms with Crippen LogP contribution in [0.15, 0.2) is 24.8 Å². The first-order valence-electron chi connectivity index (χ1n) is 7.77. The summed E-state index contributed by atoms with van der Waals surface area (Å²) in [4.78, 5) is 12.0. The maximum absolute atomic E-state index is 11.4. The van der Waals surface area contributed by atoms with Crippen LogP contribution in [-0.4, -0.2) is 40.2 Å². The number of aromatic nitrogens is 4. The average Bonchev–Trinajstić information content (AvgIpc) is 3.12. The molecule has 0 bridgehead atoms. The fourth-order valence-corrected chi connectivity index (χ4v) is 4.42. The molecule has 1 fully saturated rings. The van der Waals surface area contributed by atoms with Crippen molar-refractivity contribution >= 4 is 32.1 Å². The Bertz CT molecular complexity index is 951. The number of imidazole rings is 1. The van der Waals surface area contributed by atoms with E-state index in [1.807, 2.05) is 18.6 Å². The zero-order valence-corrected chi connectivity index (χ0v) is 13.7. The molecule has 0 spiro atoms. The summed E-state index contributed by atoms with van der Waals surface area (Å²) in [5.41, 5.74) is 2.87. The van der Waals surface area contributed by atoms with E-state index in [0.29, 0.717) is 6.04 Å². The van der Waals surface area contributed by atoms with Gasteiger partial charge in [-0.2, -0.15) is 0 Å². The Kier molecular flexibility index (Phi) is 3.38. The Morgan fingerprint density at radius 3 is 2.78 bits per heavy atom. The van der Waals surface area contributed by atoms with Crippen LogP contribution in [0.3, 0.4) is 0 Å². The molecule has 3 aromatic rings. The summed E-state index contributed by atoms with van der Waals surface area (Å²) < 4.78 is 27.7. The van der Waals surface area contributed by atoms with Gasteiger partial charge in [0, 0.05) is 23.7 Å². The lowest BCUT2D eigenvalue weighted by Gasteiger charge is -2.29. The fourth-order valence-electron chi connectivity index (χ4n) is 3.58. The van der Waals surface area contributed by atoms with Gasteiger partial charge in [0.2, 0.25) is 10.0 Å². The molecule has 3 aromatic heterocycles. The van der Waals surface area contributed by atoms with Crippen LogP contribution >= 0.6 is 0 Å². The minimum Gasteiger partial charge on any atom is -0.346 e. The van der Waals surface area contributed by atoms with Crippen LogP contribution in [0.25, 0.3) is 22.1 Å². The predicted octanol–water partition coefficient (Wildman–Crippen LogP) is 1.95. The monoisotopic (exact) mass is 333 g/mol. The van der Waals surface area contributed by atoms with Gasteiger partial charge in [0.1, 0.15) is 11.2 Å². The van der Waals surface area contributed by atoms with E-state index < -0.39 is 10.0 Å². The number of hydrogen-bond acceptors (Lipinski definition) is 4. The molecule has 3 heterocycles. The van der Waals surface area contributed by atoms with Crippen molar-refractivity contribution in [2.45, 2.75) is 37.8 Å². The number of H-pyrrole nitrogens is 1. The molecule has 0 atom stereocenters. The molecule has 2 N–H and O–H groups in total. The molecule has 0 aliphatic heterocycles. The van der Waals surface area contributed by atoms with Gasteiger partial charge in [0.05, 0.1) is 24.3 Å². The first-order chi connectivity index (χ1) is 11.0. The number of hydrogen-bond donors (Lipinski definition) is 2. The summed E-state index contributed by atoms with van der Waals surface area (Å²) in [6, 6.07) is 2.42. The summed E-state index contributed by atoms with van der Waals surface area (Å²) in [6.07, 6.45) is 10.4. The predicted molar refractivity (Wildman–Crippen MR) is 88.7 cm³/mol. The number of pyridine rings is 1. The van der Waals surface area contributed by atoms with E-state index in [1.165, 1.54) is 6.26 Å². The summed E-state index contributed by atoms with van der Waals surface area (Å²) >= 11 is 0. The van der Waals surface area contributed by atoms with E-state index in [2.05, 4.69) is 24.2 Å². The topological polar surface area (TPSA) is 92.7 Å². The molecule has 0 amide bonds. The lowest BCUT2D eigenvalue weighted by molar-refractivity contribution is 0.316. The Morgan fingerprint density at radius 2 is 2.04 bits per heavy atom. The Morgan fingerprint density at radius 1 is 1.26 bits per heavy atom. The van der Waals surface area contributed by atoms with Crippen molar-refractivity contribution in [1.29, 1.82) is 0 Å². The van der Waals surface area contributed by atoms with Crippen molar-refractivity contribution in [3.8, 4) is 0 Å². The van der Waals surface area contributed by atoms with Crippen molar-refractivity contribution in [2.75, 3.05) is 6.26 Å². The van der Waals surface area contributed by atoms with Gasteiger partial charge in [-0.3, -0.25) is 0 Å². The molecular weight excluding hydrogens is 314 g/mol. The van der Waals surface area contributed by atoms with Crippen LogP contribution in [0.1, 0.15) is 31.7 Å². The zero-order chi connectivity index (χ0) is 16.0. The third kappa shape index (κ3) is 2.72. The maximum Gasteiger partial charge on any atom is 0.208 e. The van der Waals surface area contributed by atoms with E-state index in [1.54, 1.807) is 6.20 Å². The van der Waals surface area contributed by atoms with Crippen LogP contribution in [0, 0.1) is 0 Å². The molecule has 0 saturated heterocycles. The fraction of sp³-hybridized carbons (Fsp3) is 0.467. The van der Waals surface area contributed by atoms with Gasteiger partial charge in [0.25, 0.3) is 0 Å².